The Morgan fingerprint density at radius 3 is 0.636 bits per heavy atom. The average Bonchev–Trinajstić information content (AvgIpc) is 1.12. The van der Waals surface area contributed by atoms with Gasteiger partial charge in [0.25, 0.3) is 0 Å². The molecular formula is H6O8P2Pt. The summed E-state index contributed by atoms with van der Waals surface area (Å²) in [4.78, 5) is 43.1. The van der Waals surface area contributed by atoms with Crippen LogP contribution in [0.4, 0.5) is 0 Å². The van der Waals surface area contributed by atoms with E-state index in [1.54, 1.807) is 0 Å². The van der Waals surface area contributed by atoms with Gasteiger partial charge in [-0.2, -0.15) is 0 Å². The maximum Gasteiger partial charge on any atom is 0.466 e. The van der Waals surface area contributed by atoms with Crippen molar-refractivity contribution in [2.24, 2.45) is 0 Å². The molecule has 0 rings (SSSR count). The van der Waals surface area contributed by atoms with E-state index in [0.717, 1.165) is 0 Å². The van der Waals surface area contributed by atoms with Crippen LogP contribution in [-0.2, 0) is 30.2 Å². The minimum absolute atomic E-state index is 0. The van der Waals surface area contributed by atoms with Crippen molar-refractivity contribution in [2.45, 2.75) is 0 Å². The molecule has 0 aromatic rings. The molecule has 0 spiro atoms. The van der Waals surface area contributed by atoms with E-state index < -0.39 is 15.6 Å². The molecule has 0 heterocycles. The summed E-state index contributed by atoms with van der Waals surface area (Å²) in [5.41, 5.74) is 0. The first kappa shape index (κ1) is 17.9. The van der Waals surface area contributed by atoms with Crippen LogP contribution in [0.15, 0.2) is 0 Å². The molecule has 0 aliphatic rings. The Balaban J connectivity index is -0.000000107. The van der Waals surface area contributed by atoms with Crippen LogP contribution in [0.1, 0.15) is 0 Å². The van der Waals surface area contributed by atoms with Crippen molar-refractivity contribution >= 4 is 15.6 Å². The fourth-order valence-corrected chi connectivity index (χ4v) is 0. The van der Waals surface area contributed by atoms with Crippen LogP contribution in [-0.4, -0.2) is 29.4 Å². The first-order valence-electron chi connectivity index (χ1n) is 1.57. The molecule has 11 heteroatoms. The summed E-state index contributed by atoms with van der Waals surface area (Å²) in [5, 5.41) is 0. The van der Waals surface area contributed by atoms with Crippen LogP contribution < -0.4 is 0 Å². The van der Waals surface area contributed by atoms with Crippen molar-refractivity contribution < 1.29 is 59.6 Å². The van der Waals surface area contributed by atoms with Gasteiger partial charge in [0.1, 0.15) is 0 Å². The first-order chi connectivity index (χ1) is 4.00. The summed E-state index contributed by atoms with van der Waals surface area (Å²) in [6.45, 7) is 0. The van der Waals surface area contributed by atoms with Gasteiger partial charge in [-0.3, -0.25) is 0 Å². The molecule has 0 saturated heterocycles. The van der Waals surface area contributed by atoms with E-state index in [-0.39, 0.29) is 21.1 Å². The Morgan fingerprint density at radius 2 is 0.636 bits per heavy atom. The maximum absolute atomic E-state index is 8.88. The van der Waals surface area contributed by atoms with E-state index in [9.17, 15) is 0 Å². The Bertz CT molecular complexity index is 124. The van der Waals surface area contributed by atoms with E-state index in [1.807, 2.05) is 0 Å². The second-order valence-electron chi connectivity index (χ2n) is 1.03. The van der Waals surface area contributed by atoms with Gasteiger partial charge < -0.3 is 29.4 Å². The van der Waals surface area contributed by atoms with Gasteiger partial charge in [-0.1, -0.05) is 0 Å². The summed E-state index contributed by atoms with van der Waals surface area (Å²) in [5.74, 6) is 0. The van der Waals surface area contributed by atoms with E-state index in [1.165, 1.54) is 0 Å². The van der Waals surface area contributed by atoms with Crippen LogP contribution >= 0.6 is 15.6 Å². The standard InChI is InChI=1S/2H3O4P.Pt/c2*1-5(2,3)4;/h2*(H3,1,2,3,4);. The predicted octanol–water partition coefficient (Wildman–Crippen LogP) is -1.86. The normalized spacial score (nSPS) is 10.7. The fourth-order valence-electron chi connectivity index (χ4n) is 0. The number of rotatable bonds is 0. The van der Waals surface area contributed by atoms with Crippen LogP contribution in [0.25, 0.3) is 0 Å². The molecule has 0 saturated carbocycles. The minimum Gasteiger partial charge on any atom is -0.303 e. The number of phosphoric acid groups is 2. The van der Waals surface area contributed by atoms with Crippen LogP contribution in [0.5, 0.6) is 0 Å². The van der Waals surface area contributed by atoms with Crippen molar-refractivity contribution in [3.05, 3.63) is 0 Å². The Labute approximate surface area is 75.6 Å². The molecule has 0 atom stereocenters. The van der Waals surface area contributed by atoms with Gasteiger partial charge in [0.05, 0.1) is 0 Å². The van der Waals surface area contributed by atoms with Crippen LogP contribution in [0, 0.1) is 0 Å². The van der Waals surface area contributed by atoms with Gasteiger partial charge >= 0.3 is 15.6 Å². The van der Waals surface area contributed by atoms with Crippen molar-refractivity contribution in [1.29, 1.82) is 0 Å². The molecule has 0 fully saturated rings. The van der Waals surface area contributed by atoms with E-state index in [4.69, 9.17) is 38.5 Å². The molecule has 0 unspecified atom stereocenters. The Kier molecular flexibility index (Phi) is 10.4. The molecule has 0 aromatic heterocycles. The topological polar surface area (TPSA) is 156 Å². The molecule has 0 aliphatic heterocycles. The summed E-state index contributed by atoms with van der Waals surface area (Å²) >= 11 is 0. The fraction of sp³-hybridized carbons (Fsp3) is 0. The third-order valence-corrected chi connectivity index (χ3v) is 0. The Morgan fingerprint density at radius 1 is 0.636 bits per heavy atom. The third kappa shape index (κ3) is 1050. The molecule has 74 valence electrons. The van der Waals surface area contributed by atoms with Crippen LogP contribution in [0.2, 0.25) is 0 Å². The first-order valence-corrected chi connectivity index (χ1v) is 4.70. The SMILES string of the molecule is O=P(O)(O)O.O=P(O)(O)O.[Pt]. The largest absolute Gasteiger partial charge is 0.466 e. The molecule has 8 nitrogen and oxygen atoms in total. The van der Waals surface area contributed by atoms with Crippen molar-refractivity contribution in [2.75, 3.05) is 0 Å². The zero-order valence-electron chi connectivity index (χ0n) is 4.71. The molecule has 0 aromatic carbocycles. The van der Waals surface area contributed by atoms with E-state index in [2.05, 4.69) is 0 Å². The van der Waals surface area contributed by atoms with Gasteiger partial charge in [0, 0.05) is 21.1 Å². The second kappa shape index (κ2) is 6.43. The quantitative estimate of drug-likeness (QED) is 0.263. The molecule has 6 N–H and O–H groups in total. The summed E-state index contributed by atoms with van der Waals surface area (Å²) < 4.78 is 17.8. The molecule has 0 radical (unpaired) electrons. The minimum atomic E-state index is -4.64. The van der Waals surface area contributed by atoms with Crippen molar-refractivity contribution in [3.63, 3.8) is 0 Å². The van der Waals surface area contributed by atoms with Gasteiger partial charge in [-0.25, -0.2) is 9.13 Å². The molecule has 0 amide bonds. The molecular weight excluding hydrogens is 385 g/mol. The monoisotopic (exact) mass is 391 g/mol. The zero-order chi connectivity index (χ0) is 9.00. The summed E-state index contributed by atoms with van der Waals surface area (Å²) in [6, 6.07) is 0. The summed E-state index contributed by atoms with van der Waals surface area (Å²) in [7, 11) is -9.28. The predicted molar refractivity (Wildman–Crippen MR) is 28.5 cm³/mol. The van der Waals surface area contributed by atoms with Gasteiger partial charge in [0.2, 0.25) is 0 Å². The number of hydrogen-bond donors (Lipinski definition) is 6. The zero-order valence-corrected chi connectivity index (χ0v) is 8.77. The van der Waals surface area contributed by atoms with E-state index >= 15 is 0 Å². The molecule has 0 bridgehead atoms. The maximum atomic E-state index is 8.88. The summed E-state index contributed by atoms with van der Waals surface area (Å²) in [6.07, 6.45) is 0. The average molecular weight is 391 g/mol. The molecule has 11 heavy (non-hydrogen) atoms. The van der Waals surface area contributed by atoms with Gasteiger partial charge in [-0.15, -0.1) is 0 Å². The van der Waals surface area contributed by atoms with E-state index in [0.29, 0.717) is 0 Å². The Hall–Kier alpha value is 0.908. The van der Waals surface area contributed by atoms with Crippen molar-refractivity contribution in [1.82, 2.24) is 0 Å². The van der Waals surface area contributed by atoms with Crippen LogP contribution in [0.3, 0.4) is 0 Å². The third-order valence-electron chi connectivity index (χ3n) is 0. The van der Waals surface area contributed by atoms with Crippen molar-refractivity contribution in [3.8, 4) is 0 Å². The van der Waals surface area contributed by atoms with Gasteiger partial charge in [-0.05, 0) is 0 Å². The van der Waals surface area contributed by atoms with Gasteiger partial charge in [0.15, 0.2) is 0 Å². The number of hydrogen-bond acceptors (Lipinski definition) is 2. The molecule has 0 aliphatic carbocycles. The smallest absolute Gasteiger partial charge is 0.303 e. The second-order valence-corrected chi connectivity index (χ2v) is 3.08.